The molecule has 0 saturated carbocycles. The minimum Gasteiger partial charge on any atom is -0.481 e. The first-order valence-electron chi connectivity index (χ1n) is 7.26. The molecule has 0 atom stereocenters. The Labute approximate surface area is 136 Å². The number of nitrogens with zero attached hydrogens (tertiary/aromatic N) is 3. The lowest BCUT2D eigenvalue weighted by atomic mass is 9.97. The Morgan fingerprint density at radius 3 is 2.55 bits per heavy atom. The third-order valence-electron chi connectivity index (χ3n) is 4.00. The number of hydrogen-bond donors (Lipinski definition) is 1. The van der Waals surface area contributed by atoms with Crippen LogP contribution in [0, 0.1) is 5.92 Å². The molecular formula is C16H20ClN3O2. The summed E-state index contributed by atoms with van der Waals surface area (Å²) in [4.78, 5) is 13.2. The molecule has 2 aromatic rings. The highest BCUT2D eigenvalue weighted by molar-refractivity contribution is 5.85. The van der Waals surface area contributed by atoms with Crippen molar-refractivity contribution < 1.29 is 9.90 Å². The van der Waals surface area contributed by atoms with Crippen LogP contribution >= 0.6 is 12.4 Å². The number of aliphatic carboxylic acids is 1. The first kappa shape index (κ1) is 16.5. The summed E-state index contributed by atoms with van der Waals surface area (Å²) in [6.07, 6.45) is 5.40. The van der Waals surface area contributed by atoms with Crippen molar-refractivity contribution in [2.75, 3.05) is 13.1 Å². The van der Waals surface area contributed by atoms with Gasteiger partial charge in [0, 0.05) is 18.3 Å². The smallest absolute Gasteiger partial charge is 0.306 e. The number of likely N-dealkylation sites (tertiary alicyclic amines) is 1. The number of rotatable bonds is 4. The lowest BCUT2D eigenvalue weighted by Crippen LogP contribution is -2.35. The molecule has 1 aromatic heterocycles. The molecule has 118 valence electrons. The molecule has 1 aliphatic rings. The van der Waals surface area contributed by atoms with Crippen molar-refractivity contribution in [1.82, 2.24) is 14.7 Å². The van der Waals surface area contributed by atoms with Crippen LogP contribution in [0.4, 0.5) is 0 Å². The Morgan fingerprint density at radius 1 is 1.23 bits per heavy atom. The van der Waals surface area contributed by atoms with Crippen LogP contribution < -0.4 is 0 Å². The predicted octanol–water partition coefficient (Wildman–Crippen LogP) is 2.59. The van der Waals surface area contributed by atoms with E-state index in [2.05, 4.69) is 10.00 Å². The number of piperidine rings is 1. The zero-order chi connectivity index (χ0) is 14.7. The van der Waals surface area contributed by atoms with Gasteiger partial charge >= 0.3 is 5.97 Å². The van der Waals surface area contributed by atoms with Gasteiger partial charge in [-0.25, -0.2) is 4.68 Å². The van der Waals surface area contributed by atoms with Gasteiger partial charge in [-0.15, -0.1) is 12.4 Å². The summed E-state index contributed by atoms with van der Waals surface area (Å²) in [7, 11) is 0. The summed E-state index contributed by atoms with van der Waals surface area (Å²) in [5.74, 6) is -0.833. The molecule has 1 N–H and O–H groups in total. The molecule has 5 nitrogen and oxygen atoms in total. The second-order valence-electron chi connectivity index (χ2n) is 5.52. The molecule has 22 heavy (non-hydrogen) atoms. The Kier molecular flexibility index (Phi) is 5.57. The summed E-state index contributed by atoms with van der Waals surface area (Å²) in [6, 6.07) is 10.0. The second kappa shape index (κ2) is 7.42. The molecule has 1 saturated heterocycles. The van der Waals surface area contributed by atoms with Gasteiger partial charge in [0.1, 0.15) is 0 Å². The maximum absolute atomic E-state index is 10.9. The number of hydrogen-bond acceptors (Lipinski definition) is 3. The molecule has 6 heteroatoms. The zero-order valence-electron chi connectivity index (χ0n) is 12.3. The highest BCUT2D eigenvalue weighted by Crippen LogP contribution is 2.19. The summed E-state index contributed by atoms with van der Waals surface area (Å²) in [5.41, 5.74) is 2.21. The molecule has 0 spiro atoms. The molecule has 0 amide bonds. The molecule has 0 bridgehead atoms. The van der Waals surface area contributed by atoms with E-state index in [1.54, 1.807) is 0 Å². The van der Waals surface area contributed by atoms with E-state index in [-0.39, 0.29) is 18.3 Å². The Morgan fingerprint density at radius 2 is 1.91 bits per heavy atom. The first-order valence-corrected chi connectivity index (χ1v) is 7.26. The van der Waals surface area contributed by atoms with Crippen molar-refractivity contribution in [2.24, 2.45) is 5.92 Å². The number of aromatic nitrogens is 2. The molecule has 2 heterocycles. The fourth-order valence-corrected chi connectivity index (χ4v) is 2.76. The molecule has 1 aliphatic heterocycles. The minimum atomic E-state index is -0.661. The van der Waals surface area contributed by atoms with E-state index in [1.807, 2.05) is 47.4 Å². The van der Waals surface area contributed by atoms with Crippen LogP contribution in [0.2, 0.25) is 0 Å². The largest absolute Gasteiger partial charge is 0.481 e. The van der Waals surface area contributed by atoms with Gasteiger partial charge < -0.3 is 5.11 Å². The van der Waals surface area contributed by atoms with Crippen molar-refractivity contribution in [3.8, 4) is 5.69 Å². The fraction of sp³-hybridized carbons (Fsp3) is 0.375. The Hall–Kier alpha value is -1.85. The van der Waals surface area contributed by atoms with Crippen LogP contribution in [0.1, 0.15) is 18.4 Å². The van der Waals surface area contributed by atoms with Crippen molar-refractivity contribution in [1.29, 1.82) is 0 Å². The lowest BCUT2D eigenvalue weighted by molar-refractivity contribution is -0.143. The minimum absolute atomic E-state index is 0. The maximum atomic E-state index is 10.9. The van der Waals surface area contributed by atoms with Crippen LogP contribution in [0.15, 0.2) is 42.7 Å². The quantitative estimate of drug-likeness (QED) is 0.940. The van der Waals surface area contributed by atoms with Gasteiger partial charge in [-0.1, -0.05) is 18.2 Å². The average Bonchev–Trinajstić information content (AvgIpc) is 2.97. The Balaban J connectivity index is 0.00000176. The number of carboxylic acid groups (broad SMARTS) is 1. The standard InChI is InChI=1S/C16H19N3O2.ClH/c20-16(21)14-6-8-18(9-7-14)11-13-10-17-19(12-13)15-4-2-1-3-5-15;/h1-5,10,12,14H,6-9,11H2,(H,20,21);1H. The highest BCUT2D eigenvalue weighted by Gasteiger charge is 2.24. The predicted molar refractivity (Wildman–Crippen MR) is 86.4 cm³/mol. The second-order valence-corrected chi connectivity index (χ2v) is 5.52. The van der Waals surface area contributed by atoms with Gasteiger partial charge in [-0.3, -0.25) is 9.69 Å². The van der Waals surface area contributed by atoms with E-state index in [9.17, 15) is 4.79 Å². The maximum Gasteiger partial charge on any atom is 0.306 e. The van der Waals surface area contributed by atoms with E-state index >= 15 is 0 Å². The van der Waals surface area contributed by atoms with Crippen molar-refractivity contribution >= 4 is 18.4 Å². The Bertz CT molecular complexity index is 607. The number of benzene rings is 1. The van der Waals surface area contributed by atoms with Gasteiger partial charge in [-0.05, 0) is 38.1 Å². The van der Waals surface area contributed by atoms with Gasteiger partial charge in [-0.2, -0.15) is 5.10 Å². The van der Waals surface area contributed by atoms with Crippen LogP contribution in [-0.4, -0.2) is 38.8 Å². The van der Waals surface area contributed by atoms with Crippen LogP contribution in [0.5, 0.6) is 0 Å². The van der Waals surface area contributed by atoms with Gasteiger partial charge in [0.15, 0.2) is 0 Å². The van der Waals surface area contributed by atoms with Gasteiger partial charge in [0.2, 0.25) is 0 Å². The average molecular weight is 322 g/mol. The normalized spacial score (nSPS) is 16.2. The molecule has 0 unspecified atom stereocenters. The van der Waals surface area contributed by atoms with Gasteiger partial charge in [0.05, 0.1) is 17.8 Å². The van der Waals surface area contributed by atoms with Gasteiger partial charge in [0.25, 0.3) is 0 Å². The zero-order valence-corrected chi connectivity index (χ0v) is 13.1. The number of halogens is 1. The molecule has 3 rings (SSSR count). The first-order chi connectivity index (χ1) is 10.2. The molecular weight excluding hydrogens is 302 g/mol. The van der Waals surface area contributed by atoms with E-state index in [4.69, 9.17) is 5.11 Å². The summed E-state index contributed by atoms with van der Waals surface area (Å²) in [5, 5.41) is 13.4. The SMILES string of the molecule is Cl.O=C(O)C1CCN(Cc2cnn(-c3ccccc3)c2)CC1. The van der Waals surface area contributed by atoms with E-state index in [0.29, 0.717) is 0 Å². The van der Waals surface area contributed by atoms with Crippen LogP contribution in [-0.2, 0) is 11.3 Å². The molecule has 0 radical (unpaired) electrons. The molecule has 0 aliphatic carbocycles. The van der Waals surface area contributed by atoms with Crippen LogP contribution in [0.3, 0.4) is 0 Å². The number of carboxylic acids is 1. The summed E-state index contributed by atoms with van der Waals surface area (Å²) in [6.45, 7) is 2.51. The summed E-state index contributed by atoms with van der Waals surface area (Å²) >= 11 is 0. The lowest BCUT2D eigenvalue weighted by Gasteiger charge is -2.29. The third-order valence-corrected chi connectivity index (χ3v) is 4.00. The van der Waals surface area contributed by atoms with Crippen molar-refractivity contribution in [3.05, 3.63) is 48.3 Å². The van der Waals surface area contributed by atoms with E-state index in [1.165, 1.54) is 0 Å². The van der Waals surface area contributed by atoms with E-state index < -0.39 is 5.97 Å². The highest BCUT2D eigenvalue weighted by atomic mass is 35.5. The number of para-hydroxylation sites is 1. The fourth-order valence-electron chi connectivity index (χ4n) is 2.76. The monoisotopic (exact) mass is 321 g/mol. The number of carbonyl (C=O) groups is 1. The van der Waals surface area contributed by atoms with Crippen molar-refractivity contribution in [2.45, 2.75) is 19.4 Å². The summed E-state index contributed by atoms with van der Waals surface area (Å²) < 4.78 is 1.87. The topological polar surface area (TPSA) is 58.4 Å². The van der Waals surface area contributed by atoms with Crippen molar-refractivity contribution in [3.63, 3.8) is 0 Å². The van der Waals surface area contributed by atoms with E-state index in [0.717, 1.165) is 43.7 Å². The molecule has 1 aromatic carbocycles. The molecule has 1 fully saturated rings. The van der Waals surface area contributed by atoms with Crippen LogP contribution in [0.25, 0.3) is 5.69 Å². The third kappa shape index (κ3) is 3.87.